The molecule has 1 unspecified atom stereocenters. The lowest BCUT2D eigenvalue weighted by Crippen LogP contribution is -2.48. The first-order valence-corrected chi connectivity index (χ1v) is 12.9. The van der Waals surface area contributed by atoms with E-state index in [4.69, 9.17) is 16.3 Å². The molecule has 0 aliphatic carbocycles. The van der Waals surface area contributed by atoms with E-state index in [9.17, 15) is 9.59 Å². The van der Waals surface area contributed by atoms with Crippen molar-refractivity contribution in [2.75, 3.05) is 25.5 Å². The fraction of sp³-hybridized carbons (Fsp3) is 0.345. The number of fused-ring (bicyclic) bond motifs is 1. The Morgan fingerprint density at radius 2 is 1.92 bits per heavy atom. The van der Waals surface area contributed by atoms with Crippen LogP contribution in [0.3, 0.4) is 0 Å². The summed E-state index contributed by atoms with van der Waals surface area (Å²) in [6, 6.07) is 16.4. The number of benzene rings is 2. The molecule has 3 aromatic rings. The first-order valence-electron chi connectivity index (χ1n) is 12.5. The van der Waals surface area contributed by atoms with Crippen LogP contribution in [0.5, 0.6) is 5.75 Å². The minimum Gasteiger partial charge on any atom is -0.486 e. The Morgan fingerprint density at radius 3 is 2.62 bits per heavy atom. The summed E-state index contributed by atoms with van der Waals surface area (Å²) in [5.74, 6) is 0.0402. The van der Waals surface area contributed by atoms with Crippen molar-refractivity contribution >= 4 is 29.1 Å². The predicted molar refractivity (Wildman–Crippen MR) is 146 cm³/mol. The minimum atomic E-state index is -0.294. The van der Waals surface area contributed by atoms with Crippen molar-refractivity contribution in [2.24, 2.45) is 5.92 Å². The maximum absolute atomic E-state index is 13.6. The van der Waals surface area contributed by atoms with Crippen LogP contribution in [0.2, 0.25) is 5.02 Å². The Hall–Kier alpha value is -3.42. The summed E-state index contributed by atoms with van der Waals surface area (Å²) < 4.78 is 6.61. The number of hydrogen-bond acceptors (Lipinski definition) is 5. The third-order valence-electron chi connectivity index (χ3n) is 6.54. The van der Waals surface area contributed by atoms with Gasteiger partial charge in [0.25, 0.3) is 11.8 Å². The van der Waals surface area contributed by atoms with Gasteiger partial charge in [0, 0.05) is 54.6 Å². The third-order valence-corrected chi connectivity index (χ3v) is 6.78. The van der Waals surface area contributed by atoms with E-state index in [0.29, 0.717) is 47.2 Å². The molecule has 1 aliphatic rings. The molecular weight excluding hydrogens is 488 g/mol. The molecule has 194 valence electrons. The van der Waals surface area contributed by atoms with Crippen molar-refractivity contribution < 1.29 is 14.3 Å². The van der Waals surface area contributed by atoms with Crippen LogP contribution in [0.4, 0.5) is 5.69 Å². The summed E-state index contributed by atoms with van der Waals surface area (Å²) in [6.45, 7) is 8.03. The molecule has 37 heavy (non-hydrogen) atoms. The quantitative estimate of drug-likeness (QED) is 0.453. The first kappa shape index (κ1) is 26.6. The van der Waals surface area contributed by atoms with Crippen LogP contribution in [0.15, 0.2) is 67.0 Å². The zero-order valence-corrected chi connectivity index (χ0v) is 22.4. The Labute approximate surface area is 223 Å². The molecule has 2 atom stereocenters. The minimum absolute atomic E-state index is 0.0146. The second kappa shape index (κ2) is 11.8. The van der Waals surface area contributed by atoms with Crippen molar-refractivity contribution in [1.82, 2.24) is 14.8 Å². The van der Waals surface area contributed by atoms with E-state index in [2.05, 4.69) is 22.1 Å². The number of nitrogens with one attached hydrogen (secondary N) is 1. The Bertz CT molecular complexity index is 1250. The summed E-state index contributed by atoms with van der Waals surface area (Å²) in [7, 11) is 2.04. The highest BCUT2D eigenvalue weighted by molar-refractivity contribution is 6.30. The van der Waals surface area contributed by atoms with Crippen LogP contribution in [-0.4, -0.2) is 58.9 Å². The van der Waals surface area contributed by atoms with Crippen LogP contribution in [0, 0.1) is 5.92 Å². The molecule has 0 saturated carbocycles. The Morgan fingerprint density at radius 1 is 1.19 bits per heavy atom. The van der Waals surface area contributed by atoms with Crippen LogP contribution in [0.25, 0.3) is 0 Å². The number of rotatable bonds is 7. The number of aromatic nitrogens is 1. The highest BCUT2D eigenvalue weighted by Gasteiger charge is 2.34. The molecule has 7 nitrogen and oxygen atoms in total. The van der Waals surface area contributed by atoms with Gasteiger partial charge in [-0.25, -0.2) is 0 Å². The van der Waals surface area contributed by atoms with E-state index in [1.54, 1.807) is 42.7 Å². The SMILES string of the molecule is CC(C)N1C[C@H](C)C(CN(C)Cc2cccc(Cl)c2)Oc2c(NC(=O)c3ccncc3)cccc2C1=O. The van der Waals surface area contributed by atoms with Gasteiger partial charge in [-0.1, -0.05) is 36.7 Å². The molecule has 2 heterocycles. The van der Waals surface area contributed by atoms with E-state index in [-0.39, 0.29) is 29.9 Å². The van der Waals surface area contributed by atoms with E-state index in [1.165, 1.54) is 0 Å². The van der Waals surface area contributed by atoms with Gasteiger partial charge < -0.3 is 15.0 Å². The molecule has 2 aromatic carbocycles. The molecule has 1 aliphatic heterocycles. The standard InChI is InChI=1S/C29H33ClN4O3/c1-19(2)34-16-20(3)26(18-33(4)17-21-7-5-8-23(30)15-21)37-27-24(29(34)36)9-6-10-25(27)32-28(35)22-11-13-31-14-12-22/h5-15,19-20,26H,16-18H2,1-4H3,(H,32,35)/t20-,26?/m0/s1. The van der Waals surface area contributed by atoms with Gasteiger partial charge in [0.15, 0.2) is 5.75 Å². The zero-order valence-electron chi connectivity index (χ0n) is 21.6. The van der Waals surface area contributed by atoms with Crippen LogP contribution in [0.1, 0.15) is 47.1 Å². The van der Waals surface area contributed by atoms with Crippen LogP contribution in [-0.2, 0) is 6.54 Å². The van der Waals surface area contributed by atoms with Gasteiger partial charge in [0.05, 0.1) is 11.3 Å². The van der Waals surface area contributed by atoms with Gasteiger partial charge in [0.2, 0.25) is 0 Å². The first-order chi connectivity index (χ1) is 17.7. The highest BCUT2D eigenvalue weighted by Crippen LogP contribution is 2.35. The number of nitrogens with zero attached hydrogens (tertiary/aromatic N) is 3. The third kappa shape index (κ3) is 6.48. The van der Waals surface area contributed by atoms with Gasteiger partial charge in [-0.15, -0.1) is 0 Å². The monoisotopic (exact) mass is 520 g/mol. The van der Waals surface area contributed by atoms with Crippen molar-refractivity contribution in [1.29, 1.82) is 0 Å². The Kier molecular flexibility index (Phi) is 8.46. The van der Waals surface area contributed by atoms with Crippen LogP contribution >= 0.6 is 11.6 Å². The number of amides is 2. The number of halogens is 1. The average molecular weight is 521 g/mol. The molecule has 0 spiro atoms. The molecule has 0 fully saturated rings. The number of anilines is 1. The second-order valence-corrected chi connectivity index (χ2v) is 10.3. The highest BCUT2D eigenvalue weighted by atomic mass is 35.5. The maximum Gasteiger partial charge on any atom is 0.257 e. The molecule has 2 amide bonds. The average Bonchev–Trinajstić information content (AvgIpc) is 2.86. The van der Waals surface area contributed by atoms with Crippen molar-refractivity contribution in [3.63, 3.8) is 0 Å². The number of pyridine rings is 1. The molecule has 0 radical (unpaired) electrons. The molecule has 1 aromatic heterocycles. The number of para-hydroxylation sites is 1. The van der Waals surface area contributed by atoms with E-state index in [0.717, 1.165) is 5.56 Å². The summed E-state index contributed by atoms with van der Waals surface area (Å²) >= 11 is 6.18. The molecule has 4 rings (SSSR count). The van der Waals surface area contributed by atoms with Gasteiger partial charge in [-0.2, -0.15) is 0 Å². The summed E-state index contributed by atoms with van der Waals surface area (Å²) in [5.41, 5.74) is 2.49. The van der Waals surface area contributed by atoms with Gasteiger partial charge in [-0.05, 0) is 62.9 Å². The summed E-state index contributed by atoms with van der Waals surface area (Å²) in [6.07, 6.45) is 2.91. The molecule has 0 bridgehead atoms. The van der Waals surface area contributed by atoms with Crippen molar-refractivity contribution in [3.8, 4) is 5.75 Å². The number of likely N-dealkylation sites (N-methyl/N-ethyl adjacent to an activating group) is 1. The van der Waals surface area contributed by atoms with Gasteiger partial charge in [-0.3, -0.25) is 19.5 Å². The lowest BCUT2D eigenvalue weighted by atomic mass is 9.99. The van der Waals surface area contributed by atoms with Gasteiger partial charge in [0.1, 0.15) is 6.10 Å². The largest absolute Gasteiger partial charge is 0.486 e. The van der Waals surface area contributed by atoms with Crippen molar-refractivity contribution in [2.45, 2.75) is 39.5 Å². The van der Waals surface area contributed by atoms with E-state index >= 15 is 0 Å². The normalized spacial score (nSPS) is 17.7. The van der Waals surface area contributed by atoms with E-state index in [1.807, 2.05) is 50.1 Å². The number of hydrogen-bond donors (Lipinski definition) is 1. The molecule has 1 N–H and O–H groups in total. The van der Waals surface area contributed by atoms with Gasteiger partial charge >= 0.3 is 0 Å². The maximum atomic E-state index is 13.6. The smallest absolute Gasteiger partial charge is 0.257 e. The lowest BCUT2D eigenvalue weighted by molar-refractivity contribution is 0.0433. The summed E-state index contributed by atoms with van der Waals surface area (Å²) in [4.78, 5) is 34.6. The lowest BCUT2D eigenvalue weighted by Gasteiger charge is -2.38. The topological polar surface area (TPSA) is 74.8 Å². The summed E-state index contributed by atoms with van der Waals surface area (Å²) in [5, 5.41) is 3.65. The number of ether oxygens (including phenoxy) is 1. The van der Waals surface area contributed by atoms with Crippen LogP contribution < -0.4 is 10.1 Å². The number of carbonyl (C=O) groups is 2. The fourth-order valence-corrected chi connectivity index (χ4v) is 4.76. The Balaban J connectivity index is 1.65. The van der Waals surface area contributed by atoms with Crippen molar-refractivity contribution in [3.05, 3.63) is 88.7 Å². The zero-order chi connectivity index (χ0) is 26.5. The second-order valence-electron chi connectivity index (χ2n) is 9.88. The molecule has 0 saturated heterocycles. The predicted octanol–water partition coefficient (Wildman–Crippen LogP) is 5.37. The molecular formula is C29H33ClN4O3. The molecule has 8 heteroatoms. The van der Waals surface area contributed by atoms with E-state index < -0.39 is 0 Å². The number of carbonyl (C=O) groups excluding carboxylic acids is 2. The fourth-order valence-electron chi connectivity index (χ4n) is 4.54.